The van der Waals surface area contributed by atoms with Crippen molar-refractivity contribution >= 4 is 0 Å². The van der Waals surface area contributed by atoms with Crippen molar-refractivity contribution in [3.8, 4) is 5.75 Å². The number of hydrogen-bond acceptors (Lipinski definition) is 4. The molecular formula is C15H19N3O2. The molecule has 1 heterocycles. The molecule has 1 N–H and O–H groups in total. The second-order valence-electron chi connectivity index (χ2n) is 5.27. The summed E-state index contributed by atoms with van der Waals surface area (Å²) in [5, 5.41) is 15.1. The van der Waals surface area contributed by atoms with Gasteiger partial charge in [0, 0.05) is 0 Å². The first kappa shape index (κ1) is 13.1. The minimum absolute atomic E-state index is 0.0594. The number of hydrogen-bond donors (Lipinski definition) is 1. The summed E-state index contributed by atoms with van der Waals surface area (Å²) in [6, 6.07) is 5.84. The van der Waals surface area contributed by atoms with E-state index in [9.17, 15) is 5.11 Å². The number of aliphatic hydroxyl groups excluding tert-OH is 1. The van der Waals surface area contributed by atoms with E-state index in [-0.39, 0.29) is 6.04 Å². The van der Waals surface area contributed by atoms with Gasteiger partial charge in [0.2, 0.25) is 0 Å². The number of aryl methyl sites for hydroxylation is 3. The molecule has 1 aliphatic carbocycles. The van der Waals surface area contributed by atoms with Crippen molar-refractivity contribution < 1.29 is 9.84 Å². The number of rotatable bonds is 2. The molecule has 0 amide bonds. The Labute approximate surface area is 118 Å². The van der Waals surface area contributed by atoms with Gasteiger partial charge in [0.15, 0.2) is 0 Å². The molecule has 0 aliphatic heterocycles. The zero-order valence-corrected chi connectivity index (χ0v) is 12.0. The third-order valence-corrected chi connectivity index (χ3v) is 3.97. The van der Waals surface area contributed by atoms with Crippen LogP contribution < -0.4 is 4.74 Å². The molecule has 2 unspecified atom stereocenters. The van der Waals surface area contributed by atoms with Gasteiger partial charge in [0.25, 0.3) is 0 Å². The molecule has 5 heteroatoms. The summed E-state index contributed by atoms with van der Waals surface area (Å²) >= 11 is 0. The number of ether oxygens (including phenoxy) is 1. The van der Waals surface area contributed by atoms with Crippen molar-refractivity contribution in [2.24, 2.45) is 0 Å². The first-order chi connectivity index (χ1) is 9.60. The third kappa shape index (κ3) is 2.08. The molecule has 0 saturated heterocycles. The summed E-state index contributed by atoms with van der Waals surface area (Å²) in [7, 11) is 1.64. The predicted octanol–water partition coefficient (Wildman–Crippen LogP) is 2.12. The van der Waals surface area contributed by atoms with Crippen LogP contribution in [-0.4, -0.2) is 27.0 Å². The van der Waals surface area contributed by atoms with E-state index >= 15 is 0 Å². The van der Waals surface area contributed by atoms with E-state index in [2.05, 4.69) is 10.1 Å². The van der Waals surface area contributed by atoms with Crippen LogP contribution in [0.2, 0.25) is 0 Å². The average molecular weight is 273 g/mol. The normalized spacial score (nSPS) is 21.6. The Morgan fingerprint density at radius 3 is 2.80 bits per heavy atom. The van der Waals surface area contributed by atoms with Gasteiger partial charge in [-0.1, -0.05) is 6.07 Å². The number of fused-ring (bicyclic) bond motifs is 1. The Balaban J connectivity index is 1.99. The van der Waals surface area contributed by atoms with Gasteiger partial charge >= 0.3 is 0 Å². The summed E-state index contributed by atoms with van der Waals surface area (Å²) in [5.41, 5.74) is 2.12. The van der Waals surface area contributed by atoms with E-state index in [1.54, 1.807) is 7.11 Å². The summed E-state index contributed by atoms with van der Waals surface area (Å²) < 4.78 is 7.10. The number of aromatic nitrogens is 3. The highest BCUT2D eigenvalue weighted by Gasteiger charge is 2.31. The van der Waals surface area contributed by atoms with Crippen molar-refractivity contribution in [3.63, 3.8) is 0 Å². The Morgan fingerprint density at radius 1 is 1.35 bits per heavy atom. The maximum absolute atomic E-state index is 10.7. The molecular weight excluding hydrogens is 254 g/mol. The minimum atomic E-state index is -0.575. The standard InChI is InChI=1S/C15H19N3O2/c1-9-16-10(2)18(17-9)14-7-5-11-4-6-12(20-3)8-13(11)15(14)19/h4,6,8,14-15,19H,5,7H2,1-3H3. The molecule has 1 aromatic heterocycles. The van der Waals surface area contributed by atoms with E-state index in [1.165, 1.54) is 5.56 Å². The van der Waals surface area contributed by atoms with Gasteiger partial charge in [0.05, 0.1) is 13.2 Å². The second-order valence-corrected chi connectivity index (χ2v) is 5.27. The molecule has 20 heavy (non-hydrogen) atoms. The molecule has 1 aromatic carbocycles. The van der Waals surface area contributed by atoms with Gasteiger partial charge in [-0.25, -0.2) is 9.67 Å². The summed E-state index contributed by atoms with van der Waals surface area (Å²) in [6.45, 7) is 3.80. The van der Waals surface area contributed by atoms with Gasteiger partial charge in [-0.3, -0.25) is 0 Å². The smallest absolute Gasteiger partial charge is 0.147 e. The molecule has 3 rings (SSSR count). The molecule has 106 valence electrons. The molecule has 0 bridgehead atoms. The van der Waals surface area contributed by atoms with Crippen LogP contribution in [0.3, 0.4) is 0 Å². The lowest BCUT2D eigenvalue weighted by molar-refractivity contribution is 0.0904. The average Bonchev–Trinajstić information content (AvgIpc) is 2.78. The van der Waals surface area contributed by atoms with Crippen LogP contribution in [0.15, 0.2) is 18.2 Å². The number of nitrogens with zero attached hydrogens (tertiary/aromatic N) is 3. The van der Waals surface area contributed by atoms with E-state index in [0.717, 1.165) is 35.8 Å². The van der Waals surface area contributed by atoms with Crippen LogP contribution in [0.1, 0.15) is 41.3 Å². The summed E-state index contributed by atoms with van der Waals surface area (Å²) in [5.74, 6) is 2.36. The molecule has 2 aromatic rings. The topological polar surface area (TPSA) is 60.2 Å². The zero-order chi connectivity index (χ0) is 14.3. The molecule has 2 atom stereocenters. The third-order valence-electron chi connectivity index (χ3n) is 3.97. The van der Waals surface area contributed by atoms with Gasteiger partial charge in [-0.15, -0.1) is 0 Å². The van der Waals surface area contributed by atoms with Crippen LogP contribution in [0.4, 0.5) is 0 Å². The van der Waals surface area contributed by atoms with Gasteiger partial charge in [0.1, 0.15) is 23.5 Å². The van der Waals surface area contributed by atoms with E-state index in [0.29, 0.717) is 0 Å². The highest BCUT2D eigenvalue weighted by atomic mass is 16.5. The fourth-order valence-electron chi connectivity index (χ4n) is 2.98. The van der Waals surface area contributed by atoms with Gasteiger partial charge in [-0.2, -0.15) is 5.10 Å². The van der Waals surface area contributed by atoms with Crippen molar-refractivity contribution in [2.45, 2.75) is 38.8 Å². The fourth-order valence-corrected chi connectivity index (χ4v) is 2.98. The van der Waals surface area contributed by atoms with Crippen LogP contribution in [0.25, 0.3) is 0 Å². The number of benzene rings is 1. The lowest BCUT2D eigenvalue weighted by Crippen LogP contribution is -2.25. The van der Waals surface area contributed by atoms with E-state index in [4.69, 9.17) is 4.74 Å². The van der Waals surface area contributed by atoms with Crippen LogP contribution in [-0.2, 0) is 6.42 Å². The van der Waals surface area contributed by atoms with Crippen LogP contribution >= 0.6 is 0 Å². The number of aliphatic hydroxyl groups is 1. The highest BCUT2D eigenvalue weighted by molar-refractivity contribution is 5.39. The van der Waals surface area contributed by atoms with Gasteiger partial charge < -0.3 is 9.84 Å². The first-order valence-electron chi connectivity index (χ1n) is 6.85. The molecule has 0 radical (unpaired) electrons. The molecule has 1 aliphatic rings. The SMILES string of the molecule is COc1ccc2c(c1)C(O)C(n1nc(C)nc1C)CC2. The Morgan fingerprint density at radius 2 is 2.15 bits per heavy atom. The zero-order valence-electron chi connectivity index (χ0n) is 12.0. The van der Waals surface area contributed by atoms with Crippen LogP contribution in [0.5, 0.6) is 5.75 Å². The summed E-state index contributed by atoms with van der Waals surface area (Å²) in [4.78, 5) is 4.33. The molecule has 0 saturated carbocycles. The van der Waals surface area contributed by atoms with Crippen molar-refractivity contribution in [1.29, 1.82) is 0 Å². The number of methoxy groups -OCH3 is 1. The lowest BCUT2D eigenvalue weighted by Gasteiger charge is -2.30. The minimum Gasteiger partial charge on any atom is -0.497 e. The van der Waals surface area contributed by atoms with E-state index < -0.39 is 6.10 Å². The Hall–Kier alpha value is -1.88. The molecule has 0 spiro atoms. The Kier molecular flexibility index (Phi) is 3.22. The largest absolute Gasteiger partial charge is 0.497 e. The van der Waals surface area contributed by atoms with Crippen molar-refractivity contribution in [2.75, 3.05) is 7.11 Å². The summed E-state index contributed by atoms with van der Waals surface area (Å²) in [6.07, 6.45) is 1.22. The predicted molar refractivity (Wildman–Crippen MR) is 74.8 cm³/mol. The van der Waals surface area contributed by atoms with Crippen molar-refractivity contribution in [3.05, 3.63) is 41.0 Å². The van der Waals surface area contributed by atoms with E-state index in [1.807, 2.05) is 36.7 Å². The first-order valence-corrected chi connectivity index (χ1v) is 6.85. The van der Waals surface area contributed by atoms with Gasteiger partial charge in [-0.05, 0) is 49.9 Å². The molecule has 0 fully saturated rings. The quantitative estimate of drug-likeness (QED) is 0.910. The maximum Gasteiger partial charge on any atom is 0.147 e. The monoisotopic (exact) mass is 273 g/mol. The lowest BCUT2D eigenvalue weighted by atomic mass is 9.85. The molecule has 5 nitrogen and oxygen atoms in total. The maximum atomic E-state index is 10.7. The van der Waals surface area contributed by atoms with Crippen LogP contribution in [0, 0.1) is 13.8 Å². The highest BCUT2D eigenvalue weighted by Crippen LogP contribution is 2.39. The van der Waals surface area contributed by atoms with Crippen molar-refractivity contribution in [1.82, 2.24) is 14.8 Å². The Bertz CT molecular complexity index is 636. The fraction of sp³-hybridized carbons (Fsp3) is 0.467. The second kappa shape index (κ2) is 4.90.